The van der Waals surface area contributed by atoms with Gasteiger partial charge in [-0.25, -0.2) is 4.79 Å². The summed E-state index contributed by atoms with van der Waals surface area (Å²) in [7, 11) is 0. The lowest BCUT2D eigenvalue weighted by molar-refractivity contribution is -0.113. The zero-order valence-corrected chi connectivity index (χ0v) is 15.1. The number of fused-ring (bicyclic) bond motifs is 1. The summed E-state index contributed by atoms with van der Waals surface area (Å²) in [6, 6.07) is 0.444. The molecule has 0 aromatic rings. The highest BCUT2D eigenvalue weighted by atomic mass is 16.6. The number of carbonyl (C=O) groups excluding carboxylic acids is 1. The molecule has 0 spiro atoms. The number of hydrogen-bond donors (Lipinski definition) is 2. The third-order valence-electron chi connectivity index (χ3n) is 4.70. The van der Waals surface area contributed by atoms with Crippen molar-refractivity contribution in [1.29, 1.82) is 0 Å². The molecule has 5 nitrogen and oxygen atoms in total. The maximum absolute atomic E-state index is 11.9. The average molecular weight is 312 g/mol. The number of amides is 1. The molecule has 0 bridgehead atoms. The van der Waals surface area contributed by atoms with Crippen LogP contribution < -0.4 is 10.6 Å². The summed E-state index contributed by atoms with van der Waals surface area (Å²) in [6.07, 6.45) is 1.15. The Bertz CT molecular complexity index is 426. The van der Waals surface area contributed by atoms with Crippen LogP contribution in [0.2, 0.25) is 0 Å². The zero-order chi connectivity index (χ0) is 16.8. The molecule has 0 radical (unpaired) electrons. The summed E-state index contributed by atoms with van der Waals surface area (Å²) < 4.78 is 11.2. The summed E-state index contributed by atoms with van der Waals surface area (Å²) in [5.74, 6) is 0.604. The van der Waals surface area contributed by atoms with Crippen molar-refractivity contribution in [3.8, 4) is 0 Å². The summed E-state index contributed by atoms with van der Waals surface area (Å²) in [4.78, 5) is 11.9. The minimum atomic E-state index is -0.474. The molecule has 1 amide bonds. The van der Waals surface area contributed by atoms with Gasteiger partial charge in [-0.05, 0) is 41.0 Å². The van der Waals surface area contributed by atoms with Crippen LogP contribution >= 0.6 is 0 Å². The number of hydrogen-bond acceptors (Lipinski definition) is 4. The van der Waals surface area contributed by atoms with Gasteiger partial charge in [0.05, 0.1) is 11.6 Å². The fourth-order valence-electron chi connectivity index (χ4n) is 3.73. The number of nitrogens with one attached hydrogen (secondary N) is 2. The standard InChI is InChI=1S/C17H32N2O3/c1-15(2,3)22-14(20)19-16(4,5)10-18-12-11-8-9-21-13(11)17(12,6)7/h11-13,18H,8-10H2,1-7H3,(H,19,20)/t11-,12+,13+/m0/s1. The summed E-state index contributed by atoms with van der Waals surface area (Å²) in [5, 5.41) is 6.59. The van der Waals surface area contributed by atoms with Crippen molar-refractivity contribution in [3.05, 3.63) is 0 Å². The Labute approximate surface area is 134 Å². The van der Waals surface area contributed by atoms with E-state index in [1.165, 1.54) is 0 Å². The second-order valence-electron chi connectivity index (χ2n) is 8.93. The van der Waals surface area contributed by atoms with Gasteiger partial charge in [-0.3, -0.25) is 0 Å². The molecule has 22 heavy (non-hydrogen) atoms. The minimum Gasteiger partial charge on any atom is -0.444 e. The predicted molar refractivity (Wildman–Crippen MR) is 86.9 cm³/mol. The molecular weight excluding hydrogens is 280 g/mol. The third kappa shape index (κ3) is 3.74. The number of ether oxygens (including phenoxy) is 2. The molecule has 2 fully saturated rings. The number of rotatable bonds is 4. The molecule has 1 aliphatic heterocycles. The molecule has 1 aliphatic carbocycles. The first-order chi connectivity index (χ1) is 9.92. The Kier molecular flexibility index (Phi) is 4.53. The smallest absolute Gasteiger partial charge is 0.408 e. The van der Waals surface area contributed by atoms with Crippen LogP contribution in [0.5, 0.6) is 0 Å². The molecule has 3 atom stereocenters. The lowest BCUT2D eigenvalue weighted by Gasteiger charge is -2.55. The van der Waals surface area contributed by atoms with Gasteiger partial charge in [0.2, 0.25) is 0 Å². The SMILES string of the molecule is CC(C)(CN[C@@H]1[C@@H]2CCO[C@H]2C1(C)C)NC(=O)OC(C)(C)C. The molecule has 0 unspecified atom stereocenters. The van der Waals surface area contributed by atoms with E-state index < -0.39 is 5.60 Å². The van der Waals surface area contributed by atoms with Crippen LogP contribution in [-0.4, -0.2) is 42.5 Å². The fraction of sp³-hybridized carbons (Fsp3) is 0.941. The van der Waals surface area contributed by atoms with Crippen molar-refractivity contribution in [1.82, 2.24) is 10.6 Å². The topological polar surface area (TPSA) is 59.6 Å². The quantitative estimate of drug-likeness (QED) is 0.838. The van der Waals surface area contributed by atoms with Crippen LogP contribution in [0.3, 0.4) is 0 Å². The van der Waals surface area contributed by atoms with Crippen molar-refractivity contribution >= 4 is 6.09 Å². The van der Waals surface area contributed by atoms with Crippen LogP contribution in [-0.2, 0) is 9.47 Å². The van der Waals surface area contributed by atoms with Crippen LogP contribution in [0.1, 0.15) is 54.9 Å². The Morgan fingerprint density at radius 1 is 1.27 bits per heavy atom. The second-order valence-corrected chi connectivity index (χ2v) is 8.93. The van der Waals surface area contributed by atoms with Crippen LogP contribution in [0.4, 0.5) is 4.79 Å². The van der Waals surface area contributed by atoms with Gasteiger partial charge in [0.1, 0.15) is 5.60 Å². The van der Waals surface area contributed by atoms with Crippen molar-refractivity contribution in [2.45, 2.75) is 78.2 Å². The molecule has 0 aromatic carbocycles. The van der Waals surface area contributed by atoms with Crippen molar-refractivity contribution in [3.63, 3.8) is 0 Å². The van der Waals surface area contributed by atoms with Crippen molar-refractivity contribution < 1.29 is 14.3 Å². The third-order valence-corrected chi connectivity index (χ3v) is 4.70. The van der Waals surface area contributed by atoms with Crippen LogP contribution in [0, 0.1) is 11.3 Å². The van der Waals surface area contributed by atoms with E-state index in [0.29, 0.717) is 24.6 Å². The van der Waals surface area contributed by atoms with E-state index in [2.05, 4.69) is 24.5 Å². The van der Waals surface area contributed by atoms with Crippen LogP contribution in [0.15, 0.2) is 0 Å². The van der Waals surface area contributed by atoms with Gasteiger partial charge in [0.25, 0.3) is 0 Å². The van der Waals surface area contributed by atoms with E-state index in [-0.39, 0.29) is 17.0 Å². The molecule has 1 saturated carbocycles. The minimum absolute atomic E-state index is 0.156. The van der Waals surface area contributed by atoms with Gasteiger partial charge in [0.15, 0.2) is 0 Å². The van der Waals surface area contributed by atoms with Crippen LogP contribution in [0.25, 0.3) is 0 Å². The van der Waals surface area contributed by atoms with E-state index in [1.54, 1.807) is 0 Å². The predicted octanol–water partition coefficient (Wildman–Crippen LogP) is 2.69. The molecule has 1 heterocycles. The van der Waals surface area contributed by atoms with Crippen molar-refractivity contribution in [2.24, 2.45) is 11.3 Å². The highest BCUT2D eigenvalue weighted by Gasteiger charge is 2.59. The molecule has 2 rings (SSSR count). The zero-order valence-electron chi connectivity index (χ0n) is 15.1. The highest BCUT2D eigenvalue weighted by molar-refractivity contribution is 5.68. The molecule has 128 valence electrons. The average Bonchev–Trinajstić information content (AvgIpc) is 2.71. The van der Waals surface area contributed by atoms with Gasteiger partial charge in [-0.2, -0.15) is 0 Å². The molecule has 1 saturated heterocycles. The lowest BCUT2D eigenvalue weighted by atomic mass is 9.57. The summed E-state index contributed by atoms with van der Waals surface area (Å²) >= 11 is 0. The van der Waals surface area contributed by atoms with Gasteiger partial charge < -0.3 is 20.1 Å². The summed E-state index contributed by atoms with van der Waals surface area (Å²) in [6.45, 7) is 15.7. The largest absolute Gasteiger partial charge is 0.444 e. The Balaban J connectivity index is 1.84. The van der Waals surface area contributed by atoms with E-state index in [9.17, 15) is 4.79 Å². The molecular formula is C17H32N2O3. The second kappa shape index (κ2) is 5.68. The van der Waals surface area contributed by atoms with Gasteiger partial charge >= 0.3 is 6.09 Å². The Morgan fingerprint density at radius 3 is 2.50 bits per heavy atom. The van der Waals surface area contributed by atoms with E-state index >= 15 is 0 Å². The maximum atomic E-state index is 11.9. The highest BCUT2D eigenvalue weighted by Crippen LogP contribution is 2.52. The molecule has 2 aliphatic rings. The Morgan fingerprint density at radius 2 is 1.91 bits per heavy atom. The van der Waals surface area contributed by atoms with E-state index in [4.69, 9.17) is 9.47 Å². The first-order valence-electron chi connectivity index (χ1n) is 8.28. The molecule has 2 N–H and O–H groups in total. The number of alkyl carbamates (subject to hydrolysis) is 1. The molecule has 5 heteroatoms. The number of carbonyl (C=O) groups is 1. The van der Waals surface area contributed by atoms with E-state index in [1.807, 2.05) is 34.6 Å². The Hall–Kier alpha value is -0.810. The monoisotopic (exact) mass is 312 g/mol. The first-order valence-corrected chi connectivity index (χ1v) is 8.28. The van der Waals surface area contributed by atoms with Gasteiger partial charge in [-0.1, -0.05) is 13.8 Å². The maximum Gasteiger partial charge on any atom is 0.408 e. The first kappa shape index (κ1) is 17.5. The normalized spacial score (nSPS) is 30.4. The molecule has 0 aromatic heterocycles. The summed E-state index contributed by atoms with van der Waals surface area (Å²) in [5.41, 5.74) is -0.676. The van der Waals surface area contributed by atoms with Crippen molar-refractivity contribution in [2.75, 3.05) is 13.2 Å². The fourth-order valence-corrected chi connectivity index (χ4v) is 3.73. The van der Waals surface area contributed by atoms with E-state index in [0.717, 1.165) is 13.0 Å². The lowest BCUT2D eigenvalue weighted by Crippen LogP contribution is -2.68. The van der Waals surface area contributed by atoms with Gasteiger partial charge in [-0.15, -0.1) is 0 Å². The van der Waals surface area contributed by atoms with Gasteiger partial charge in [0, 0.05) is 30.5 Å².